The average molecular weight is 377 g/mol. The van der Waals surface area contributed by atoms with Crippen molar-refractivity contribution in [3.05, 3.63) is 42.7 Å². The summed E-state index contributed by atoms with van der Waals surface area (Å²) in [5, 5.41) is 1.18. The molecule has 2 aliphatic heterocycles. The molecule has 2 fully saturated rings. The Morgan fingerprint density at radius 1 is 0.893 bits per heavy atom. The summed E-state index contributed by atoms with van der Waals surface area (Å²) in [5.41, 5.74) is 3.46. The molecule has 0 bridgehead atoms. The summed E-state index contributed by atoms with van der Waals surface area (Å²) in [6, 6.07) is 6.64. The second kappa shape index (κ2) is 7.39. The van der Waals surface area contributed by atoms with Gasteiger partial charge in [-0.25, -0.2) is 15.0 Å². The minimum Gasteiger partial charge on any atom is -0.369 e. The zero-order valence-corrected chi connectivity index (χ0v) is 16.5. The molecule has 2 saturated heterocycles. The fraction of sp³-hybridized carbons (Fsp3) is 0.476. The Bertz CT molecular complexity index is 952. The normalized spacial score (nSPS) is 18.3. The molecule has 0 N–H and O–H groups in total. The van der Waals surface area contributed by atoms with Crippen LogP contribution in [-0.4, -0.2) is 63.7 Å². The van der Waals surface area contributed by atoms with Crippen LogP contribution in [-0.2, 0) is 13.6 Å². The summed E-state index contributed by atoms with van der Waals surface area (Å²) in [6.07, 6.45) is 8.19. The summed E-state index contributed by atoms with van der Waals surface area (Å²) in [6.45, 7) is 7.30. The highest BCUT2D eigenvalue weighted by Crippen LogP contribution is 2.30. The van der Waals surface area contributed by atoms with Gasteiger partial charge in [-0.3, -0.25) is 4.90 Å². The standard InChI is InChI=1S/C21H27N7/c1-25-13-17(24-16-25)14-26-8-10-27(11-9-26)18-4-5-20-19(12-18)21(23-15-22-20)28-6-2-3-7-28/h4-5,12-13,15-16H,2-3,6-11,14H2,1H3. The number of anilines is 2. The SMILES string of the molecule is Cn1cnc(CN2CCN(c3ccc4ncnc(N5CCCC5)c4c3)CC2)c1. The number of aromatic nitrogens is 4. The van der Waals surface area contributed by atoms with Gasteiger partial charge >= 0.3 is 0 Å². The van der Waals surface area contributed by atoms with Crippen molar-refractivity contribution in [3.63, 3.8) is 0 Å². The fourth-order valence-electron chi connectivity index (χ4n) is 4.35. The molecule has 2 aliphatic rings. The lowest BCUT2D eigenvalue weighted by Crippen LogP contribution is -2.46. The van der Waals surface area contributed by atoms with Crippen LogP contribution < -0.4 is 9.80 Å². The van der Waals surface area contributed by atoms with E-state index in [1.165, 1.54) is 23.9 Å². The van der Waals surface area contributed by atoms with E-state index in [9.17, 15) is 0 Å². The number of imidazole rings is 1. The Morgan fingerprint density at radius 2 is 1.71 bits per heavy atom. The van der Waals surface area contributed by atoms with Crippen LogP contribution in [0.2, 0.25) is 0 Å². The van der Waals surface area contributed by atoms with Crippen LogP contribution in [0, 0.1) is 0 Å². The number of aryl methyl sites for hydroxylation is 1. The molecule has 3 aromatic rings. The third-order valence-electron chi connectivity index (χ3n) is 5.88. The molecule has 7 heteroatoms. The summed E-state index contributed by atoms with van der Waals surface area (Å²) in [7, 11) is 2.02. The Hall–Kier alpha value is -2.67. The number of nitrogens with zero attached hydrogens (tertiary/aromatic N) is 7. The highest BCUT2D eigenvalue weighted by molar-refractivity contribution is 5.92. The summed E-state index contributed by atoms with van der Waals surface area (Å²) >= 11 is 0. The Labute approximate surface area is 165 Å². The van der Waals surface area contributed by atoms with Gasteiger partial charge in [-0.1, -0.05) is 0 Å². The van der Waals surface area contributed by atoms with E-state index >= 15 is 0 Å². The van der Waals surface area contributed by atoms with Crippen molar-refractivity contribution in [2.24, 2.45) is 7.05 Å². The minimum atomic E-state index is 0.930. The first-order chi connectivity index (χ1) is 13.8. The quantitative estimate of drug-likeness (QED) is 0.695. The predicted octanol–water partition coefficient (Wildman–Crippen LogP) is 2.29. The molecule has 0 atom stereocenters. The molecular weight excluding hydrogens is 350 g/mol. The molecule has 0 saturated carbocycles. The lowest BCUT2D eigenvalue weighted by molar-refractivity contribution is 0.247. The average Bonchev–Trinajstić information content (AvgIpc) is 3.40. The van der Waals surface area contributed by atoms with Crippen LogP contribution in [0.25, 0.3) is 10.9 Å². The lowest BCUT2D eigenvalue weighted by Gasteiger charge is -2.36. The number of fused-ring (bicyclic) bond motifs is 1. The fourth-order valence-corrected chi connectivity index (χ4v) is 4.35. The first-order valence-electron chi connectivity index (χ1n) is 10.2. The van der Waals surface area contributed by atoms with Crippen molar-refractivity contribution < 1.29 is 0 Å². The van der Waals surface area contributed by atoms with E-state index in [4.69, 9.17) is 0 Å². The van der Waals surface area contributed by atoms with Gasteiger partial charge in [0, 0.05) is 70.1 Å². The molecule has 28 heavy (non-hydrogen) atoms. The largest absolute Gasteiger partial charge is 0.369 e. The van der Waals surface area contributed by atoms with Crippen LogP contribution in [0.4, 0.5) is 11.5 Å². The molecule has 2 aromatic heterocycles. The van der Waals surface area contributed by atoms with Crippen molar-refractivity contribution in [1.82, 2.24) is 24.4 Å². The molecule has 0 amide bonds. The monoisotopic (exact) mass is 377 g/mol. The summed E-state index contributed by atoms with van der Waals surface area (Å²) in [5.74, 6) is 1.10. The van der Waals surface area contributed by atoms with Crippen molar-refractivity contribution in [2.45, 2.75) is 19.4 Å². The molecule has 0 aliphatic carbocycles. The number of benzene rings is 1. The van der Waals surface area contributed by atoms with Crippen molar-refractivity contribution in [1.29, 1.82) is 0 Å². The van der Waals surface area contributed by atoms with Gasteiger partial charge in [-0.2, -0.15) is 0 Å². The van der Waals surface area contributed by atoms with E-state index in [1.807, 2.05) is 17.9 Å². The topological polar surface area (TPSA) is 53.3 Å². The van der Waals surface area contributed by atoms with Crippen molar-refractivity contribution in [2.75, 3.05) is 49.1 Å². The molecule has 5 rings (SSSR count). The summed E-state index contributed by atoms with van der Waals surface area (Å²) in [4.78, 5) is 20.9. The maximum Gasteiger partial charge on any atom is 0.139 e. The third kappa shape index (κ3) is 3.42. The first-order valence-corrected chi connectivity index (χ1v) is 10.2. The Kier molecular flexibility index (Phi) is 4.60. The molecule has 0 spiro atoms. The zero-order chi connectivity index (χ0) is 18.9. The molecule has 4 heterocycles. The van der Waals surface area contributed by atoms with Gasteiger partial charge in [0.25, 0.3) is 0 Å². The molecular formula is C21H27N7. The molecule has 7 nitrogen and oxygen atoms in total. The van der Waals surface area contributed by atoms with Gasteiger partial charge in [-0.15, -0.1) is 0 Å². The number of hydrogen-bond acceptors (Lipinski definition) is 6. The minimum absolute atomic E-state index is 0.930. The van der Waals surface area contributed by atoms with Gasteiger partial charge in [0.05, 0.1) is 17.5 Å². The van der Waals surface area contributed by atoms with Crippen LogP contribution in [0.3, 0.4) is 0 Å². The first kappa shape index (κ1) is 17.4. The van der Waals surface area contributed by atoms with Crippen LogP contribution >= 0.6 is 0 Å². The molecule has 0 unspecified atom stereocenters. The maximum atomic E-state index is 4.62. The van der Waals surface area contributed by atoms with E-state index in [-0.39, 0.29) is 0 Å². The predicted molar refractivity (Wildman–Crippen MR) is 112 cm³/mol. The lowest BCUT2D eigenvalue weighted by atomic mass is 10.1. The van der Waals surface area contributed by atoms with Crippen molar-refractivity contribution in [3.8, 4) is 0 Å². The van der Waals surface area contributed by atoms with E-state index < -0.39 is 0 Å². The highest BCUT2D eigenvalue weighted by atomic mass is 15.3. The highest BCUT2D eigenvalue weighted by Gasteiger charge is 2.20. The van der Waals surface area contributed by atoms with E-state index in [1.54, 1.807) is 6.33 Å². The van der Waals surface area contributed by atoms with Gasteiger partial charge in [0.1, 0.15) is 12.1 Å². The Balaban J connectivity index is 1.32. The van der Waals surface area contributed by atoms with Crippen molar-refractivity contribution >= 4 is 22.4 Å². The summed E-state index contributed by atoms with van der Waals surface area (Å²) < 4.78 is 2.01. The van der Waals surface area contributed by atoms with Gasteiger partial charge in [-0.05, 0) is 31.0 Å². The second-order valence-corrected chi connectivity index (χ2v) is 7.89. The molecule has 1 aromatic carbocycles. The van der Waals surface area contributed by atoms with Gasteiger partial charge in [0.15, 0.2) is 0 Å². The van der Waals surface area contributed by atoms with Crippen LogP contribution in [0.5, 0.6) is 0 Å². The number of rotatable bonds is 4. The maximum absolute atomic E-state index is 4.62. The van der Waals surface area contributed by atoms with E-state index in [0.717, 1.165) is 62.8 Å². The van der Waals surface area contributed by atoms with Gasteiger partial charge < -0.3 is 14.4 Å². The number of piperazine rings is 1. The van der Waals surface area contributed by atoms with Crippen LogP contribution in [0.1, 0.15) is 18.5 Å². The smallest absolute Gasteiger partial charge is 0.139 e. The van der Waals surface area contributed by atoms with Crippen LogP contribution in [0.15, 0.2) is 37.1 Å². The molecule has 146 valence electrons. The third-order valence-corrected chi connectivity index (χ3v) is 5.88. The molecule has 0 radical (unpaired) electrons. The van der Waals surface area contributed by atoms with E-state index in [0.29, 0.717) is 0 Å². The zero-order valence-electron chi connectivity index (χ0n) is 16.5. The Morgan fingerprint density at radius 3 is 2.46 bits per heavy atom. The second-order valence-electron chi connectivity index (χ2n) is 7.89. The number of hydrogen-bond donors (Lipinski definition) is 0. The van der Waals surface area contributed by atoms with E-state index in [2.05, 4.69) is 54.0 Å². The van der Waals surface area contributed by atoms with Gasteiger partial charge in [0.2, 0.25) is 0 Å².